The van der Waals surface area contributed by atoms with Gasteiger partial charge in [0.1, 0.15) is 0 Å². The predicted molar refractivity (Wildman–Crippen MR) is 61.7 cm³/mol. The van der Waals surface area contributed by atoms with Gasteiger partial charge < -0.3 is 4.74 Å². The zero-order valence-corrected chi connectivity index (χ0v) is 10.3. The fourth-order valence-corrected chi connectivity index (χ4v) is 1.75. The van der Waals surface area contributed by atoms with E-state index in [-0.39, 0.29) is 11.7 Å². The standard InChI is InChI=1S/C11H14O2.C2H6/c1-7(2)9-4-8(3)5-11(6-13-11)10(9)12;1-2/h4-5,7H,6H2,1-3H3;1-2H3/t11-;/m1./s1. The molecule has 2 aliphatic rings. The van der Waals surface area contributed by atoms with Crippen molar-refractivity contribution in [3.05, 3.63) is 23.3 Å². The molecule has 0 amide bonds. The first kappa shape index (κ1) is 12.2. The Bertz CT molecular complexity index is 317. The highest BCUT2D eigenvalue weighted by Gasteiger charge is 2.52. The lowest BCUT2D eigenvalue weighted by Crippen LogP contribution is -2.29. The number of hydrogen-bond donors (Lipinski definition) is 0. The second-order valence-corrected chi connectivity index (χ2v) is 4.15. The smallest absolute Gasteiger partial charge is 0.197 e. The zero-order valence-electron chi connectivity index (χ0n) is 10.3. The molecule has 1 aliphatic heterocycles. The number of Topliss-reactive ketones (excluding diaryl/α,β-unsaturated/α-hetero) is 1. The van der Waals surface area contributed by atoms with Crippen molar-refractivity contribution >= 4 is 5.78 Å². The maximum atomic E-state index is 11.9. The molecular weight excluding hydrogens is 188 g/mol. The molecule has 84 valence electrons. The molecule has 1 aliphatic carbocycles. The van der Waals surface area contributed by atoms with Crippen LogP contribution in [0.1, 0.15) is 34.6 Å². The van der Waals surface area contributed by atoms with E-state index in [1.165, 1.54) is 0 Å². The lowest BCUT2D eigenvalue weighted by Gasteiger charge is -2.18. The van der Waals surface area contributed by atoms with Gasteiger partial charge >= 0.3 is 0 Å². The van der Waals surface area contributed by atoms with Gasteiger partial charge in [0.2, 0.25) is 0 Å². The molecule has 0 saturated carbocycles. The van der Waals surface area contributed by atoms with Crippen molar-refractivity contribution in [3.63, 3.8) is 0 Å². The number of carbonyl (C=O) groups excluding carboxylic acids is 1. The van der Waals surface area contributed by atoms with E-state index in [0.29, 0.717) is 6.61 Å². The average molecular weight is 208 g/mol. The molecular formula is C13H20O2. The summed E-state index contributed by atoms with van der Waals surface area (Å²) in [7, 11) is 0. The molecule has 15 heavy (non-hydrogen) atoms. The highest BCUT2D eigenvalue weighted by atomic mass is 16.6. The quantitative estimate of drug-likeness (QED) is 0.620. The Hall–Kier alpha value is -0.890. The summed E-state index contributed by atoms with van der Waals surface area (Å²) in [5, 5.41) is 0. The molecule has 0 aromatic rings. The topological polar surface area (TPSA) is 29.6 Å². The van der Waals surface area contributed by atoms with Gasteiger partial charge in [0.25, 0.3) is 0 Å². The molecule has 2 nitrogen and oxygen atoms in total. The molecule has 1 saturated heterocycles. The van der Waals surface area contributed by atoms with Gasteiger partial charge in [-0.05, 0) is 18.9 Å². The summed E-state index contributed by atoms with van der Waals surface area (Å²) in [4.78, 5) is 11.9. The van der Waals surface area contributed by atoms with Crippen LogP contribution < -0.4 is 0 Å². The molecule has 0 N–H and O–H groups in total. The van der Waals surface area contributed by atoms with Crippen molar-refractivity contribution in [1.29, 1.82) is 0 Å². The van der Waals surface area contributed by atoms with E-state index < -0.39 is 5.60 Å². The summed E-state index contributed by atoms with van der Waals surface area (Å²) in [6.07, 6.45) is 3.90. The number of carbonyl (C=O) groups is 1. The van der Waals surface area contributed by atoms with Gasteiger partial charge in [0, 0.05) is 5.57 Å². The first-order chi connectivity index (χ1) is 7.05. The van der Waals surface area contributed by atoms with Crippen LogP contribution in [0.4, 0.5) is 0 Å². The van der Waals surface area contributed by atoms with Gasteiger partial charge in [-0.2, -0.15) is 0 Å². The van der Waals surface area contributed by atoms with Crippen LogP contribution in [0.5, 0.6) is 0 Å². The van der Waals surface area contributed by atoms with Crippen LogP contribution in [-0.2, 0) is 9.53 Å². The molecule has 0 aromatic heterocycles. The zero-order chi connectivity index (χ0) is 11.6. The van der Waals surface area contributed by atoms with Gasteiger partial charge in [-0.3, -0.25) is 4.79 Å². The second-order valence-electron chi connectivity index (χ2n) is 4.15. The Morgan fingerprint density at radius 2 is 1.93 bits per heavy atom. The summed E-state index contributed by atoms with van der Waals surface area (Å²) in [6.45, 7) is 10.7. The van der Waals surface area contributed by atoms with E-state index >= 15 is 0 Å². The largest absolute Gasteiger partial charge is 0.356 e. The number of hydrogen-bond acceptors (Lipinski definition) is 2. The normalized spacial score (nSPS) is 28.3. The first-order valence-electron chi connectivity index (χ1n) is 5.65. The molecule has 1 fully saturated rings. The van der Waals surface area contributed by atoms with Crippen LogP contribution >= 0.6 is 0 Å². The van der Waals surface area contributed by atoms with Crippen LogP contribution in [0.3, 0.4) is 0 Å². The van der Waals surface area contributed by atoms with Gasteiger partial charge in [0.05, 0.1) is 6.61 Å². The van der Waals surface area contributed by atoms with Crippen molar-refractivity contribution in [1.82, 2.24) is 0 Å². The number of ether oxygens (including phenoxy) is 1. The third-order valence-electron chi connectivity index (χ3n) is 2.57. The Morgan fingerprint density at radius 3 is 2.33 bits per heavy atom. The van der Waals surface area contributed by atoms with Gasteiger partial charge in [0.15, 0.2) is 11.4 Å². The molecule has 0 unspecified atom stereocenters. The van der Waals surface area contributed by atoms with E-state index in [2.05, 4.69) is 0 Å². The maximum absolute atomic E-state index is 11.9. The van der Waals surface area contributed by atoms with E-state index in [0.717, 1.165) is 11.1 Å². The number of allylic oxidation sites excluding steroid dienone is 2. The molecule has 0 radical (unpaired) electrons. The average Bonchev–Trinajstić information content (AvgIpc) is 2.95. The van der Waals surface area contributed by atoms with E-state index in [1.54, 1.807) is 0 Å². The monoisotopic (exact) mass is 208 g/mol. The third-order valence-corrected chi connectivity index (χ3v) is 2.57. The highest BCUT2D eigenvalue weighted by molar-refractivity contribution is 6.07. The summed E-state index contributed by atoms with van der Waals surface area (Å²) in [6, 6.07) is 0. The maximum Gasteiger partial charge on any atom is 0.197 e. The predicted octanol–water partition coefficient (Wildman–Crippen LogP) is 2.89. The van der Waals surface area contributed by atoms with Crippen molar-refractivity contribution < 1.29 is 9.53 Å². The van der Waals surface area contributed by atoms with Crippen LogP contribution in [0.2, 0.25) is 0 Å². The van der Waals surface area contributed by atoms with Crippen LogP contribution in [0, 0.1) is 5.92 Å². The molecule has 0 bridgehead atoms. The van der Waals surface area contributed by atoms with Crippen molar-refractivity contribution in [3.8, 4) is 0 Å². The van der Waals surface area contributed by atoms with Crippen LogP contribution in [0.25, 0.3) is 0 Å². The third kappa shape index (κ3) is 2.20. The van der Waals surface area contributed by atoms with Crippen molar-refractivity contribution in [2.45, 2.75) is 40.2 Å². The summed E-state index contributed by atoms with van der Waals surface area (Å²) in [5.74, 6) is 0.449. The lowest BCUT2D eigenvalue weighted by atomic mass is 9.84. The first-order valence-corrected chi connectivity index (χ1v) is 5.65. The molecule has 1 atom stereocenters. The van der Waals surface area contributed by atoms with E-state index in [4.69, 9.17) is 4.74 Å². The summed E-state index contributed by atoms with van der Waals surface area (Å²) in [5.41, 5.74) is 1.48. The Kier molecular flexibility index (Phi) is 3.50. The fraction of sp³-hybridized carbons (Fsp3) is 0.615. The minimum atomic E-state index is -0.557. The molecule has 1 heterocycles. The summed E-state index contributed by atoms with van der Waals surface area (Å²) < 4.78 is 5.23. The molecule has 2 rings (SSSR count). The van der Waals surface area contributed by atoms with Crippen LogP contribution in [-0.4, -0.2) is 18.0 Å². The Morgan fingerprint density at radius 1 is 1.40 bits per heavy atom. The second kappa shape index (κ2) is 4.31. The summed E-state index contributed by atoms with van der Waals surface area (Å²) >= 11 is 0. The number of epoxide rings is 1. The Labute approximate surface area is 92.0 Å². The SMILES string of the molecule is CC.CC1=C[C@@]2(CO2)C(=O)C(C(C)C)=C1. The van der Waals surface area contributed by atoms with E-state index in [1.807, 2.05) is 46.8 Å². The van der Waals surface area contributed by atoms with Gasteiger partial charge in [-0.25, -0.2) is 0 Å². The van der Waals surface area contributed by atoms with Gasteiger partial charge in [-0.15, -0.1) is 0 Å². The number of ketones is 1. The van der Waals surface area contributed by atoms with Crippen molar-refractivity contribution in [2.75, 3.05) is 6.61 Å². The molecule has 0 aromatic carbocycles. The fourth-order valence-electron chi connectivity index (χ4n) is 1.75. The van der Waals surface area contributed by atoms with Gasteiger partial charge in [-0.1, -0.05) is 39.3 Å². The van der Waals surface area contributed by atoms with Crippen molar-refractivity contribution in [2.24, 2.45) is 5.92 Å². The minimum absolute atomic E-state index is 0.160. The van der Waals surface area contributed by atoms with Crippen LogP contribution in [0.15, 0.2) is 23.3 Å². The number of rotatable bonds is 1. The molecule has 2 heteroatoms. The highest BCUT2D eigenvalue weighted by Crippen LogP contribution is 2.38. The Balaban J connectivity index is 0.000000531. The van der Waals surface area contributed by atoms with E-state index in [9.17, 15) is 4.79 Å². The lowest BCUT2D eigenvalue weighted by molar-refractivity contribution is -0.119. The molecule has 1 spiro atoms. The minimum Gasteiger partial charge on any atom is -0.356 e.